The van der Waals surface area contributed by atoms with Gasteiger partial charge in [0.1, 0.15) is 11.8 Å². The van der Waals surface area contributed by atoms with Gasteiger partial charge < -0.3 is 10.5 Å². The van der Waals surface area contributed by atoms with Crippen LogP contribution in [0.5, 0.6) is 5.75 Å². The molecule has 0 spiro atoms. The van der Waals surface area contributed by atoms with E-state index in [-0.39, 0.29) is 0 Å². The number of nitrogen functional groups attached to an aromatic ring is 1. The van der Waals surface area contributed by atoms with E-state index in [1.807, 2.05) is 31.2 Å². The van der Waals surface area contributed by atoms with Gasteiger partial charge in [0.25, 0.3) is 0 Å². The molecule has 0 aromatic heterocycles. The number of hydrogen-bond acceptors (Lipinski definition) is 3. The number of nitriles is 1. The predicted octanol–water partition coefficient (Wildman–Crippen LogP) is 2.61. The number of methoxy groups -OCH3 is 1. The molecule has 0 radical (unpaired) electrons. The van der Waals surface area contributed by atoms with Crippen LogP contribution in [0.15, 0.2) is 24.3 Å². The first-order valence-electron chi connectivity index (χ1n) is 4.95. The minimum atomic E-state index is 0.496. The van der Waals surface area contributed by atoms with Crippen LogP contribution in [-0.2, 0) is 0 Å². The number of rotatable bonds is 1. The molecule has 0 heterocycles. The molecule has 2 aromatic carbocycles. The van der Waals surface area contributed by atoms with Gasteiger partial charge in [-0.05, 0) is 6.92 Å². The van der Waals surface area contributed by atoms with Crippen molar-refractivity contribution in [3.63, 3.8) is 0 Å². The summed E-state index contributed by atoms with van der Waals surface area (Å²) < 4.78 is 5.35. The zero-order chi connectivity index (χ0) is 11.7. The van der Waals surface area contributed by atoms with Gasteiger partial charge in [-0.1, -0.05) is 24.3 Å². The van der Waals surface area contributed by atoms with E-state index < -0.39 is 0 Å². The molecule has 0 aliphatic carbocycles. The molecule has 0 aliphatic heterocycles. The van der Waals surface area contributed by atoms with Crippen LogP contribution in [-0.4, -0.2) is 7.11 Å². The molecule has 0 unspecified atom stereocenters. The van der Waals surface area contributed by atoms with Gasteiger partial charge in [0.15, 0.2) is 0 Å². The third kappa shape index (κ3) is 1.28. The van der Waals surface area contributed by atoms with Crippen LogP contribution in [0.1, 0.15) is 11.1 Å². The van der Waals surface area contributed by atoms with Gasteiger partial charge in [-0.3, -0.25) is 0 Å². The van der Waals surface area contributed by atoms with Gasteiger partial charge in [0.2, 0.25) is 0 Å². The molecule has 0 fully saturated rings. The summed E-state index contributed by atoms with van der Waals surface area (Å²) in [5.74, 6) is 0.723. The Labute approximate surface area is 94.1 Å². The topological polar surface area (TPSA) is 59.0 Å². The lowest BCUT2D eigenvalue weighted by Crippen LogP contribution is -1.99. The van der Waals surface area contributed by atoms with E-state index >= 15 is 0 Å². The van der Waals surface area contributed by atoms with Crippen molar-refractivity contribution in [2.24, 2.45) is 0 Å². The fourth-order valence-corrected chi connectivity index (χ4v) is 1.98. The van der Waals surface area contributed by atoms with E-state index in [1.54, 1.807) is 7.11 Å². The number of nitrogens with zero attached hydrogens (tertiary/aromatic N) is 1. The summed E-state index contributed by atoms with van der Waals surface area (Å²) in [5, 5.41) is 10.9. The summed E-state index contributed by atoms with van der Waals surface area (Å²) in [4.78, 5) is 0. The zero-order valence-corrected chi connectivity index (χ0v) is 9.24. The third-order valence-electron chi connectivity index (χ3n) is 2.76. The second kappa shape index (κ2) is 3.74. The smallest absolute Gasteiger partial charge is 0.131 e. The molecule has 80 valence electrons. The first kappa shape index (κ1) is 10.3. The largest absolute Gasteiger partial charge is 0.496 e. The average molecular weight is 212 g/mol. The van der Waals surface area contributed by atoms with Crippen LogP contribution in [0, 0.1) is 18.3 Å². The Morgan fingerprint density at radius 3 is 2.44 bits per heavy atom. The second-order valence-electron chi connectivity index (χ2n) is 3.60. The summed E-state index contributed by atoms with van der Waals surface area (Å²) in [5.41, 5.74) is 7.79. The highest BCUT2D eigenvalue weighted by Gasteiger charge is 2.14. The molecule has 3 nitrogen and oxygen atoms in total. The number of ether oxygens (including phenoxy) is 1. The lowest BCUT2D eigenvalue weighted by Gasteiger charge is -2.13. The van der Waals surface area contributed by atoms with E-state index in [2.05, 4.69) is 6.07 Å². The second-order valence-corrected chi connectivity index (χ2v) is 3.60. The van der Waals surface area contributed by atoms with E-state index in [9.17, 15) is 0 Å². The van der Waals surface area contributed by atoms with Crippen molar-refractivity contribution in [2.45, 2.75) is 6.92 Å². The predicted molar refractivity (Wildman–Crippen MR) is 64.4 cm³/mol. The van der Waals surface area contributed by atoms with Gasteiger partial charge in [0, 0.05) is 16.3 Å². The van der Waals surface area contributed by atoms with Crippen LogP contribution >= 0.6 is 0 Å². The number of benzene rings is 2. The van der Waals surface area contributed by atoms with Crippen LogP contribution < -0.4 is 10.5 Å². The van der Waals surface area contributed by atoms with Crippen molar-refractivity contribution < 1.29 is 4.74 Å². The van der Waals surface area contributed by atoms with Crippen molar-refractivity contribution in [1.82, 2.24) is 0 Å². The van der Waals surface area contributed by atoms with Crippen molar-refractivity contribution in [3.8, 4) is 11.8 Å². The lowest BCUT2D eigenvalue weighted by molar-refractivity contribution is 0.416. The number of nitrogens with two attached hydrogens (primary N) is 1. The van der Waals surface area contributed by atoms with Gasteiger partial charge >= 0.3 is 0 Å². The minimum Gasteiger partial charge on any atom is -0.496 e. The Hall–Kier alpha value is -2.21. The molecule has 0 saturated heterocycles. The Morgan fingerprint density at radius 2 is 1.88 bits per heavy atom. The number of hydrogen-bond donors (Lipinski definition) is 1. The normalized spacial score (nSPS) is 10.1. The Kier molecular flexibility index (Phi) is 2.41. The molecular weight excluding hydrogens is 200 g/mol. The SMILES string of the molecule is COc1c(C)c(C#N)c(N)c2ccccc12. The summed E-state index contributed by atoms with van der Waals surface area (Å²) >= 11 is 0. The third-order valence-corrected chi connectivity index (χ3v) is 2.76. The maximum atomic E-state index is 9.09. The van der Waals surface area contributed by atoms with Crippen molar-refractivity contribution in [2.75, 3.05) is 12.8 Å². The number of fused-ring (bicyclic) bond motifs is 1. The summed E-state index contributed by atoms with van der Waals surface area (Å²) in [6, 6.07) is 9.79. The molecular formula is C13H12N2O. The molecule has 0 bridgehead atoms. The molecule has 3 heteroatoms. The maximum Gasteiger partial charge on any atom is 0.131 e. The Balaban J connectivity index is 3.01. The molecule has 2 aromatic rings. The summed E-state index contributed by atoms with van der Waals surface area (Å²) in [7, 11) is 1.60. The molecule has 0 atom stereocenters. The van der Waals surface area contributed by atoms with Crippen LogP contribution in [0.25, 0.3) is 10.8 Å². The van der Waals surface area contributed by atoms with Crippen LogP contribution in [0.2, 0.25) is 0 Å². The highest BCUT2D eigenvalue weighted by molar-refractivity contribution is 6.00. The van der Waals surface area contributed by atoms with Crippen molar-refractivity contribution in [1.29, 1.82) is 5.26 Å². The van der Waals surface area contributed by atoms with Gasteiger partial charge in [-0.25, -0.2) is 0 Å². The fraction of sp³-hybridized carbons (Fsp3) is 0.154. The van der Waals surface area contributed by atoms with Crippen LogP contribution in [0.4, 0.5) is 5.69 Å². The van der Waals surface area contributed by atoms with Crippen molar-refractivity contribution in [3.05, 3.63) is 35.4 Å². The van der Waals surface area contributed by atoms with E-state index in [0.29, 0.717) is 11.3 Å². The molecule has 0 aliphatic rings. The summed E-state index contributed by atoms with van der Waals surface area (Å²) in [6.07, 6.45) is 0. The van der Waals surface area contributed by atoms with E-state index in [0.717, 1.165) is 22.1 Å². The number of anilines is 1. The highest BCUT2D eigenvalue weighted by Crippen LogP contribution is 2.36. The lowest BCUT2D eigenvalue weighted by atomic mass is 9.98. The average Bonchev–Trinajstić information content (AvgIpc) is 2.30. The zero-order valence-electron chi connectivity index (χ0n) is 9.24. The molecule has 16 heavy (non-hydrogen) atoms. The van der Waals surface area contributed by atoms with E-state index in [4.69, 9.17) is 15.7 Å². The molecule has 2 N–H and O–H groups in total. The first-order chi connectivity index (χ1) is 7.70. The van der Waals surface area contributed by atoms with Crippen LogP contribution in [0.3, 0.4) is 0 Å². The van der Waals surface area contributed by atoms with Gasteiger partial charge in [-0.2, -0.15) is 5.26 Å². The minimum absolute atomic E-state index is 0.496. The molecule has 0 amide bonds. The Bertz CT molecular complexity index is 582. The quantitative estimate of drug-likeness (QED) is 0.739. The molecule has 0 saturated carbocycles. The van der Waals surface area contributed by atoms with Gasteiger partial charge in [-0.15, -0.1) is 0 Å². The van der Waals surface area contributed by atoms with Gasteiger partial charge in [0.05, 0.1) is 18.4 Å². The summed E-state index contributed by atoms with van der Waals surface area (Å²) in [6.45, 7) is 1.85. The first-order valence-corrected chi connectivity index (χ1v) is 4.95. The maximum absolute atomic E-state index is 9.09. The van der Waals surface area contributed by atoms with Crippen molar-refractivity contribution >= 4 is 16.5 Å². The van der Waals surface area contributed by atoms with E-state index in [1.165, 1.54) is 0 Å². The fourth-order valence-electron chi connectivity index (χ4n) is 1.98. The highest BCUT2D eigenvalue weighted by atomic mass is 16.5. The monoisotopic (exact) mass is 212 g/mol. The molecule has 2 rings (SSSR count). The standard InChI is InChI=1S/C13H12N2O/c1-8-11(7-14)12(15)9-5-3-4-6-10(9)13(8)16-2/h3-6H,15H2,1-2H3. The Morgan fingerprint density at radius 1 is 1.25 bits per heavy atom.